The van der Waals surface area contributed by atoms with Crippen molar-refractivity contribution in [3.05, 3.63) is 35.3 Å². The van der Waals surface area contributed by atoms with E-state index in [9.17, 15) is 14.8 Å². The van der Waals surface area contributed by atoms with Gasteiger partial charge in [0.05, 0.1) is 5.56 Å². The number of nitrogens with zero attached hydrogens (tertiary/aromatic N) is 1. The van der Waals surface area contributed by atoms with Crippen LogP contribution in [0.4, 0.5) is 0 Å². The number of esters is 1. The maximum absolute atomic E-state index is 12.0. The van der Waals surface area contributed by atoms with Crippen LogP contribution in [-0.4, -0.2) is 24.5 Å². The monoisotopic (exact) mass is 348 g/mol. The summed E-state index contributed by atoms with van der Waals surface area (Å²) in [5.74, 6) is -0.184. The fourth-order valence-corrected chi connectivity index (χ4v) is 3.34. The summed E-state index contributed by atoms with van der Waals surface area (Å²) >= 11 is 0. The van der Waals surface area contributed by atoms with Crippen LogP contribution in [0.25, 0.3) is 0 Å². The van der Waals surface area contributed by atoms with E-state index in [0.29, 0.717) is 16.1 Å². The summed E-state index contributed by atoms with van der Waals surface area (Å²) in [5.41, 5.74) is 0.602. The van der Waals surface area contributed by atoms with E-state index in [1.165, 1.54) is 24.5 Å². The number of rotatable bonds is 6. The van der Waals surface area contributed by atoms with Gasteiger partial charge in [0.15, 0.2) is 19.0 Å². The second-order valence-electron chi connectivity index (χ2n) is 7.48. The summed E-state index contributed by atoms with van der Waals surface area (Å²) in [6.45, 7) is 6.55. The molecule has 1 aromatic heterocycles. The predicted octanol–water partition coefficient (Wildman–Crippen LogP) is 2.59. The van der Waals surface area contributed by atoms with Crippen molar-refractivity contribution in [2.75, 3.05) is 6.61 Å². The van der Waals surface area contributed by atoms with E-state index in [-0.39, 0.29) is 24.1 Å². The van der Waals surface area contributed by atoms with Crippen molar-refractivity contribution in [3.8, 4) is 0 Å². The molecule has 25 heavy (non-hydrogen) atoms. The molecule has 0 aliphatic heterocycles. The summed E-state index contributed by atoms with van der Waals surface area (Å²) in [6, 6.07) is 2.89. The number of carbonyl (C=O) groups excluding carboxylic acids is 2. The Hall–Kier alpha value is -2.11. The number of hydrogen-bond acceptors (Lipinski definition) is 4. The Bertz CT molecular complexity index is 590. The molecule has 0 atom stereocenters. The standard InChI is InChI=1S/C19H28N2O4/c1-4-19(2,3)15-5-7-16(8-6-15)20-17(22)13-25-18(23)14-9-11-21(24)12-10-14/h9-12,15-16H,4-8,13H2,1-3H3,(H,20,22). The highest BCUT2D eigenvalue weighted by Gasteiger charge is 2.32. The molecule has 6 nitrogen and oxygen atoms in total. The number of ether oxygens (including phenoxy) is 1. The Morgan fingerprint density at radius 3 is 2.40 bits per heavy atom. The van der Waals surface area contributed by atoms with Gasteiger partial charge in [0, 0.05) is 18.2 Å². The lowest BCUT2D eigenvalue weighted by Gasteiger charge is -2.39. The van der Waals surface area contributed by atoms with Crippen LogP contribution < -0.4 is 10.0 Å². The molecule has 1 amide bonds. The van der Waals surface area contributed by atoms with Gasteiger partial charge in [-0.15, -0.1) is 0 Å². The van der Waals surface area contributed by atoms with Crippen molar-refractivity contribution in [1.29, 1.82) is 0 Å². The van der Waals surface area contributed by atoms with Gasteiger partial charge < -0.3 is 15.3 Å². The molecule has 0 spiro atoms. The highest BCUT2D eigenvalue weighted by Crippen LogP contribution is 2.40. The van der Waals surface area contributed by atoms with E-state index >= 15 is 0 Å². The molecule has 138 valence electrons. The Labute approximate surface area is 149 Å². The van der Waals surface area contributed by atoms with Gasteiger partial charge in [-0.1, -0.05) is 27.2 Å². The van der Waals surface area contributed by atoms with E-state index in [4.69, 9.17) is 4.74 Å². The van der Waals surface area contributed by atoms with Gasteiger partial charge in [-0.3, -0.25) is 4.79 Å². The summed E-state index contributed by atoms with van der Waals surface area (Å²) in [5, 5.41) is 13.9. The maximum atomic E-state index is 12.0. The molecule has 1 aromatic rings. The van der Waals surface area contributed by atoms with E-state index in [0.717, 1.165) is 32.1 Å². The minimum atomic E-state index is -0.607. The van der Waals surface area contributed by atoms with Crippen molar-refractivity contribution >= 4 is 11.9 Å². The molecule has 1 aliphatic carbocycles. The van der Waals surface area contributed by atoms with Crippen LogP contribution in [0.3, 0.4) is 0 Å². The average molecular weight is 348 g/mol. The molecule has 1 fully saturated rings. The van der Waals surface area contributed by atoms with Crippen LogP contribution >= 0.6 is 0 Å². The Kier molecular flexibility index (Phi) is 6.39. The number of aromatic nitrogens is 1. The minimum Gasteiger partial charge on any atom is -0.619 e. The summed E-state index contributed by atoms with van der Waals surface area (Å²) in [4.78, 5) is 23.8. The normalized spacial score (nSPS) is 20.8. The first kappa shape index (κ1) is 19.2. The number of amides is 1. The van der Waals surface area contributed by atoms with E-state index in [1.807, 2.05) is 0 Å². The summed E-state index contributed by atoms with van der Waals surface area (Å²) in [6.07, 6.45) is 7.76. The van der Waals surface area contributed by atoms with Crippen LogP contribution in [0.1, 0.15) is 63.2 Å². The summed E-state index contributed by atoms with van der Waals surface area (Å²) in [7, 11) is 0. The molecule has 0 saturated heterocycles. The van der Waals surface area contributed by atoms with Crippen LogP contribution in [0.2, 0.25) is 0 Å². The third-order valence-electron chi connectivity index (χ3n) is 5.48. The lowest BCUT2D eigenvalue weighted by atomic mass is 9.69. The zero-order chi connectivity index (χ0) is 18.4. The number of pyridine rings is 1. The highest BCUT2D eigenvalue weighted by molar-refractivity contribution is 5.91. The number of hydrogen-bond donors (Lipinski definition) is 1. The number of nitrogens with one attached hydrogen (secondary N) is 1. The molecule has 0 radical (unpaired) electrons. The van der Waals surface area contributed by atoms with Crippen molar-refractivity contribution in [3.63, 3.8) is 0 Å². The van der Waals surface area contributed by atoms with Gasteiger partial charge in [0.1, 0.15) is 0 Å². The molecular formula is C19H28N2O4. The smallest absolute Gasteiger partial charge is 0.339 e. The molecule has 1 aliphatic rings. The van der Waals surface area contributed by atoms with E-state index in [2.05, 4.69) is 26.1 Å². The molecule has 1 saturated carbocycles. The van der Waals surface area contributed by atoms with Crippen molar-refractivity contribution in [1.82, 2.24) is 5.32 Å². The molecule has 1 N–H and O–H groups in total. The summed E-state index contributed by atoms with van der Waals surface area (Å²) < 4.78 is 5.58. The maximum Gasteiger partial charge on any atom is 0.339 e. The fraction of sp³-hybridized carbons (Fsp3) is 0.632. The lowest BCUT2D eigenvalue weighted by molar-refractivity contribution is -0.605. The molecular weight excluding hydrogens is 320 g/mol. The zero-order valence-electron chi connectivity index (χ0n) is 15.3. The van der Waals surface area contributed by atoms with Gasteiger partial charge in [0.25, 0.3) is 5.91 Å². The first-order valence-electron chi connectivity index (χ1n) is 8.97. The van der Waals surface area contributed by atoms with Gasteiger partial charge >= 0.3 is 5.97 Å². The molecule has 0 aromatic carbocycles. The Morgan fingerprint density at radius 2 is 1.84 bits per heavy atom. The SMILES string of the molecule is CCC(C)(C)C1CCC(NC(=O)COC(=O)c2cc[n+]([O-])cc2)CC1. The zero-order valence-corrected chi connectivity index (χ0v) is 15.3. The molecule has 0 bridgehead atoms. The first-order chi connectivity index (χ1) is 11.8. The van der Waals surface area contributed by atoms with Gasteiger partial charge in [-0.05, 0) is 37.0 Å². The van der Waals surface area contributed by atoms with Crippen LogP contribution in [-0.2, 0) is 9.53 Å². The van der Waals surface area contributed by atoms with Crippen LogP contribution in [0, 0.1) is 16.5 Å². The molecule has 2 rings (SSSR count). The topological polar surface area (TPSA) is 82.3 Å². The van der Waals surface area contributed by atoms with Crippen molar-refractivity contribution in [2.45, 2.75) is 58.9 Å². The van der Waals surface area contributed by atoms with E-state index in [1.54, 1.807) is 0 Å². The predicted molar refractivity (Wildman–Crippen MR) is 93.6 cm³/mol. The van der Waals surface area contributed by atoms with Gasteiger partial charge in [-0.25, -0.2) is 4.79 Å². The largest absolute Gasteiger partial charge is 0.619 e. The van der Waals surface area contributed by atoms with Crippen LogP contribution in [0.15, 0.2) is 24.5 Å². The van der Waals surface area contributed by atoms with Crippen LogP contribution in [0.5, 0.6) is 0 Å². The average Bonchev–Trinajstić information content (AvgIpc) is 2.61. The fourth-order valence-electron chi connectivity index (χ4n) is 3.34. The molecule has 0 unspecified atom stereocenters. The molecule has 1 heterocycles. The van der Waals surface area contributed by atoms with Gasteiger partial charge in [-0.2, -0.15) is 4.73 Å². The van der Waals surface area contributed by atoms with E-state index < -0.39 is 5.97 Å². The quantitative estimate of drug-likeness (QED) is 0.487. The van der Waals surface area contributed by atoms with Crippen molar-refractivity contribution in [2.24, 2.45) is 11.3 Å². The second kappa shape index (κ2) is 8.32. The Balaban J connectivity index is 1.72. The lowest BCUT2D eigenvalue weighted by Crippen LogP contribution is -2.41. The molecule has 6 heteroatoms. The minimum absolute atomic E-state index is 0.159. The first-order valence-corrected chi connectivity index (χ1v) is 8.97. The van der Waals surface area contributed by atoms with Gasteiger partial charge in [0.2, 0.25) is 0 Å². The third kappa shape index (κ3) is 5.44. The Morgan fingerprint density at radius 1 is 1.24 bits per heavy atom. The third-order valence-corrected chi connectivity index (χ3v) is 5.48. The second-order valence-corrected chi connectivity index (χ2v) is 7.48. The number of carbonyl (C=O) groups is 2. The van der Waals surface area contributed by atoms with Crippen molar-refractivity contribution < 1.29 is 19.1 Å². The highest BCUT2D eigenvalue weighted by atomic mass is 16.5.